The highest BCUT2D eigenvalue weighted by Crippen LogP contribution is 2.18. The Morgan fingerprint density at radius 2 is 2.23 bits per heavy atom. The SMILES string of the molecule is C[C@H](O)c1cc2n(n1)CCCN(CCC(=O)NCc1cccc(Cl)c1)C2. The number of aliphatic hydroxyl groups excluding tert-OH is 1. The summed E-state index contributed by atoms with van der Waals surface area (Å²) >= 11 is 5.96. The van der Waals surface area contributed by atoms with Crippen LogP contribution in [-0.2, 0) is 24.4 Å². The number of fused-ring (bicyclic) bond motifs is 1. The number of hydrogen-bond acceptors (Lipinski definition) is 4. The average molecular weight is 377 g/mol. The molecule has 1 aromatic heterocycles. The Morgan fingerprint density at radius 1 is 1.38 bits per heavy atom. The van der Waals surface area contributed by atoms with Crippen LogP contribution in [0.25, 0.3) is 0 Å². The second-order valence-corrected chi connectivity index (χ2v) is 7.18. The second kappa shape index (κ2) is 8.66. The van der Waals surface area contributed by atoms with Crippen LogP contribution >= 0.6 is 11.6 Å². The van der Waals surface area contributed by atoms with Crippen LogP contribution in [0.2, 0.25) is 5.02 Å². The van der Waals surface area contributed by atoms with Gasteiger partial charge >= 0.3 is 0 Å². The van der Waals surface area contributed by atoms with Crippen molar-refractivity contribution in [2.45, 2.75) is 45.5 Å². The van der Waals surface area contributed by atoms with Gasteiger partial charge in [0.2, 0.25) is 5.91 Å². The van der Waals surface area contributed by atoms with Crippen molar-refractivity contribution in [3.8, 4) is 0 Å². The molecule has 0 aliphatic carbocycles. The third-order valence-corrected chi connectivity index (χ3v) is 4.81. The fourth-order valence-electron chi connectivity index (χ4n) is 3.14. The van der Waals surface area contributed by atoms with Crippen molar-refractivity contribution in [1.82, 2.24) is 20.0 Å². The van der Waals surface area contributed by atoms with Gasteiger partial charge in [0.05, 0.1) is 17.5 Å². The number of hydrogen-bond donors (Lipinski definition) is 2. The Hall–Kier alpha value is -1.89. The molecule has 6 nitrogen and oxygen atoms in total. The highest BCUT2D eigenvalue weighted by atomic mass is 35.5. The number of aliphatic hydroxyl groups is 1. The highest BCUT2D eigenvalue weighted by Gasteiger charge is 2.18. The molecule has 26 heavy (non-hydrogen) atoms. The monoisotopic (exact) mass is 376 g/mol. The maximum atomic E-state index is 12.1. The largest absolute Gasteiger partial charge is 0.387 e. The summed E-state index contributed by atoms with van der Waals surface area (Å²) in [5.41, 5.74) is 2.80. The Bertz CT molecular complexity index is 760. The number of aromatic nitrogens is 2. The molecule has 140 valence electrons. The predicted octanol–water partition coefficient (Wildman–Crippen LogP) is 2.50. The van der Waals surface area contributed by atoms with E-state index in [2.05, 4.69) is 15.3 Å². The van der Waals surface area contributed by atoms with Crippen LogP contribution in [0, 0.1) is 0 Å². The number of halogens is 1. The van der Waals surface area contributed by atoms with Gasteiger partial charge in [-0.25, -0.2) is 0 Å². The van der Waals surface area contributed by atoms with Crippen LogP contribution in [0.4, 0.5) is 0 Å². The first-order valence-electron chi connectivity index (χ1n) is 8.99. The topological polar surface area (TPSA) is 70.4 Å². The Balaban J connectivity index is 1.48. The summed E-state index contributed by atoms with van der Waals surface area (Å²) in [4.78, 5) is 14.4. The van der Waals surface area contributed by atoms with E-state index in [1.807, 2.05) is 35.0 Å². The van der Waals surface area contributed by atoms with Crippen LogP contribution in [0.15, 0.2) is 30.3 Å². The molecule has 2 aromatic rings. The van der Waals surface area contributed by atoms with Gasteiger partial charge in [-0.15, -0.1) is 0 Å². The number of aryl methyl sites for hydroxylation is 1. The van der Waals surface area contributed by atoms with Crippen molar-refractivity contribution in [2.24, 2.45) is 0 Å². The first kappa shape index (κ1) is 18.9. The van der Waals surface area contributed by atoms with E-state index in [0.717, 1.165) is 37.3 Å². The maximum absolute atomic E-state index is 12.1. The molecule has 0 spiro atoms. The molecule has 0 saturated heterocycles. The Morgan fingerprint density at radius 3 is 3.00 bits per heavy atom. The van der Waals surface area contributed by atoms with Gasteiger partial charge in [0, 0.05) is 44.2 Å². The minimum atomic E-state index is -0.555. The highest BCUT2D eigenvalue weighted by molar-refractivity contribution is 6.30. The van der Waals surface area contributed by atoms with Crippen LogP contribution in [0.5, 0.6) is 0 Å². The molecule has 1 atom stereocenters. The molecule has 0 unspecified atom stereocenters. The predicted molar refractivity (Wildman–Crippen MR) is 101 cm³/mol. The van der Waals surface area contributed by atoms with Gasteiger partial charge in [0.15, 0.2) is 0 Å². The molecule has 1 aliphatic heterocycles. The third-order valence-electron chi connectivity index (χ3n) is 4.57. The Labute approximate surface area is 158 Å². The van der Waals surface area contributed by atoms with Crippen molar-refractivity contribution in [1.29, 1.82) is 0 Å². The zero-order chi connectivity index (χ0) is 18.5. The second-order valence-electron chi connectivity index (χ2n) is 6.75. The fraction of sp³-hybridized carbons (Fsp3) is 0.474. The molecule has 3 rings (SSSR count). The number of carbonyl (C=O) groups is 1. The summed E-state index contributed by atoms with van der Waals surface area (Å²) in [6.45, 7) is 5.46. The fourth-order valence-corrected chi connectivity index (χ4v) is 3.35. The summed E-state index contributed by atoms with van der Waals surface area (Å²) in [6.07, 6.45) is 0.885. The summed E-state index contributed by atoms with van der Waals surface area (Å²) in [6, 6.07) is 9.47. The van der Waals surface area contributed by atoms with Crippen molar-refractivity contribution < 1.29 is 9.90 Å². The molecular weight excluding hydrogens is 352 g/mol. The zero-order valence-electron chi connectivity index (χ0n) is 15.0. The van der Waals surface area contributed by atoms with Crippen molar-refractivity contribution in [3.63, 3.8) is 0 Å². The number of nitrogens with one attached hydrogen (secondary N) is 1. The number of nitrogens with zero attached hydrogens (tertiary/aromatic N) is 3. The summed E-state index contributed by atoms with van der Waals surface area (Å²) < 4.78 is 1.97. The third kappa shape index (κ3) is 5.06. The van der Waals surface area contributed by atoms with E-state index in [1.54, 1.807) is 6.92 Å². The molecule has 0 radical (unpaired) electrons. The number of rotatable bonds is 6. The summed E-state index contributed by atoms with van der Waals surface area (Å²) in [5, 5.41) is 17.8. The molecule has 0 bridgehead atoms. The number of benzene rings is 1. The lowest BCUT2D eigenvalue weighted by Crippen LogP contribution is -2.30. The van der Waals surface area contributed by atoms with Crippen LogP contribution in [0.1, 0.15) is 42.8 Å². The molecule has 1 amide bonds. The van der Waals surface area contributed by atoms with Crippen molar-refractivity contribution in [2.75, 3.05) is 13.1 Å². The summed E-state index contributed by atoms with van der Waals surface area (Å²) in [7, 11) is 0. The van der Waals surface area contributed by atoms with Crippen LogP contribution < -0.4 is 5.32 Å². The van der Waals surface area contributed by atoms with E-state index in [4.69, 9.17) is 11.6 Å². The normalized spacial score (nSPS) is 16.0. The zero-order valence-corrected chi connectivity index (χ0v) is 15.7. The first-order chi connectivity index (χ1) is 12.5. The van der Waals surface area contributed by atoms with Gasteiger partial charge in [-0.05, 0) is 37.1 Å². The molecule has 0 fully saturated rings. The van der Waals surface area contributed by atoms with Gasteiger partial charge in [0.25, 0.3) is 0 Å². The van der Waals surface area contributed by atoms with Gasteiger partial charge in [-0.3, -0.25) is 14.4 Å². The quantitative estimate of drug-likeness (QED) is 0.812. The first-order valence-corrected chi connectivity index (χ1v) is 9.37. The lowest BCUT2D eigenvalue weighted by atomic mass is 10.2. The van der Waals surface area contributed by atoms with Gasteiger partial charge in [-0.1, -0.05) is 23.7 Å². The van der Waals surface area contributed by atoms with E-state index in [1.165, 1.54) is 0 Å². The standard InChI is InChI=1S/C19H25ClN4O2/c1-14(25)18-11-17-13-23(7-3-8-24(17)22-18)9-6-19(26)21-12-15-4-2-5-16(20)10-15/h2,4-5,10-11,14,25H,3,6-9,12-13H2,1H3,(H,21,26)/t14-/m0/s1. The lowest BCUT2D eigenvalue weighted by Gasteiger charge is -2.19. The molecule has 0 saturated carbocycles. The molecule has 2 heterocycles. The maximum Gasteiger partial charge on any atom is 0.221 e. The van der Waals surface area contributed by atoms with Crippen molar-refractivity contribution >= 4 is 17.5 Å². The van der Waals surface area contributed by atoms with Crippen LogP contribution in [-0.4, -0.2) is 38.8 Å². The Kier molecular flexibility index (Phi) is 6.29. The van der Waals surface area contributed by atoms with E-state index < -0.39 is 6.10 Å². The van der Waals surface area contributed by atoms with E-state index in [-0.39, 0.29) is 5.91 Å². The van der Waals surface area contributed by atoms with Gasteiger partial charge in [-0.2, -0.15) is 5.10 Å². The molecule has 1 aromatic carbocycles. The van der Waals surface area contributed by atoms with Gasteiger partial charge in [0.1, 0.15) is 0 Å². The average Bonchev–Trinajstić information content (AvgIpc) is 2.91. The molecule has 1 aliphatic rings. The minimum absolute atomic E-state index is 0.0346. The smallest absolute Gasteiger partial charge is 0.221 e. The van der Waals surface area contributed by atoms with Crippen LogP contribution in [0.3, 0.4) is 0 Å². The lowest BCUT2D eigenvalue weighted by molar-refractivity contribution is -0.121. The van der Waals surface area contributed by atoms with E-state index in [9.17, 15) is 9.90 Å². The molecular formula is C19H25ClN4O2. The van der Waals surface area contributed by atoms with E-state index >= 15 is 0 Å². The summed E-state index contributed by atoms with van der Waals surface area (Å²) in [5.74, 6) is 0.0346. The minimum Gasteiger partial charge on any atom is -0.387 e. The molecule has 2 N–H and O–H groups in total. The van der Waals surface area contributed by atoms with Crippen molar-refractivity contribution in [3.05, 3.63) is 52.3 Å². The number of carbonyl (C=O) groups excluding carboxylic acids is 1. The number of amides is 1. The molecule has 7 heteroatoms. The van der Waals surface area contributed by atoms with E-state index in [0.29, 0.717) is 30.2 Å². The van der Waals surface area contributed by atoms with Gasteiger partial charge < -0.3 is 10.4 Å².